The number of thiocarbonyl (C=S) groups is 1. The van der Waals surface area contributed by atoms with Crippen LogP contribution in [0.25, 0.3) is 0 Å². The number of rotatable bonds is 6. The first-order valence-corrected chi connectivity index (χ1v) is 7.32. The monoisotopic (exact) mass is 317 g/mol. The summed E-state index contributed by atoms with van der Waals surface area (Å²) in [6, 6.07) is 11.3. The molecule has 1 aromatic carbocycles. The fourth-order valence-corrected chi connectivity index (χ4v) is 2.08. The molecule has 0 bridgehead atoms. The van der Waals surface area contributed by atoms with Gasteiger partial charge in [0, 0.05) is 6.20 Å². The standard InChI is InChI=1S/C16H19N3O2S/c1-12(11-21-15-7-5-14(20-2)6-8-15)18-16(22)19-13-4-3-9-17-10-13/h3-10,12H,11H2,1-2H3,(H2,18,19,22)/t12-/m0/s1. The normalized spacial score (nSPS) is 11.4. The molecule has 2 N–H and O–H groups in total. The second-order valence-corrected chi connectivity index (χ2v) is 5.14. The van der Waals surface area contributed by atoms with Crippen LogP contribution in [0, 0.1) is 0 Å². The van der Waals surface area contributed by atoms with Crippen molar-refractivity contribution in [3.05, 3.63) is 48.8 Å². The molecule has 0 amide bonds. The van der Waals surface area contributed by atoms with Crippen molar-refractivity contribution in [1.82, 2.24) is 10.3 Å². The number of pyridine rings is 1. The SMILES string of the molecule is COc1ccc(OC[C@H](C)NC(=S)Nc2cccnc2)cc1. The van der Waals surface area contributed by atoms with Crippen molar-refractivity contribution >= 4 is 23.0 Å². The van der Waals surface area contributed by atoms with Crippen LogP contribution in [0.3, 0.4) is 0 Å². The maximum absolute atomic E-state index is 5.70. The quantitative estimate of drug-likeness (QED) is 0.799. The number of hydrogen-bond acceptors (Lipinski definition) is 4. The zero-order valence-corrected chi connectivity index (χ0v) is 13.4. The summed E-state index contributed by atoms with van der Waals surface area (Å²) < 4.78 is 10.8. The van der Waals surface area contributed by atoms with E-state index in [0.717, 1.165) is 17.2 Å². The van der Waals surface area contributed by atoms with E-state index in [1.54, 1.807) is 19.5 Å². The maximum Gasteiger partial charge on any atom is 0.171 e. The van der Waals surface area contributed by atoms with E-state index in [0.29, 0.717) is 11.7 Å². The molecule has 0 radical (unpaired) electrons. The second kappa shape index (κ2) is 8.19. The van der Waals surface area contributed by atoms with E-state index < -0.39 is 0 Å². The number of aromatic nitrogens is 1. The van der Waals surface area contributed by atoms with Gasteiger partial charge in [0.25, 0.3) is 0 Å². The topological polar surface area (TPSA) is 55.4 Å². The largest absolute Gasteiger partial charge is 0.497 e. The van der Waals surface area contributed by atoms with E-state index in [1.165, 1.54) is 0 Å². The number of ether oxygens (including phenoxy) is 2. The highest BCUT2D eigenvalue weighted by Gasteiger charge is 2.06. The van der Waals surface area contributed by atoms with Gasteiger partial charge in [0.15, 0.2) is 5.11 Å². The van der Waals surface area contributed by atoms with Gasteiger partial charge in [0.1, 0.15) is 18.1 Å². The van der Waals surface area contributed by atoms with Gasteiger partial charge in [-0.05, 0) is 55.5 Å². The fourth-order valence-electron chi connectivity index (χ4n) is 1.76. The van der Waals surface area contributed by atoms with Crippen molar-refractivity contribution in [2.45, 2.75) is 13.0 Å². The van der Waals surface area contributed by atoms with E-state index in [-0.39, 0.29) is 6.04 Å². The lowest BCUT2D eigenvalue weighted by Gasteiger charge is -2.17. The lowest BCUT2D eigenvalue weighted by Crippen LogP contribution is -2.39. The molecule has 0 unspecified atom stereocenters. The van der Waals surface area contributed by atoms with Gasteiger partial charge in [-0.2, -0.15) is 0 Å². The smallest absolute Gasteiger partial charge is 0.171 e. The molecule has 2 aromatic rings. The number of nitrogens with zero attached hydrogens (tertiary/aromatic N) is 1. The Morgan fingerprint density at radius 3 is 2.59 bits per heavy atom. The highest BCUT2D eigenvalue weighted by atomic mass is 32.1. The number of hydrogen-bond donors (Lipinski definition) is 2. The van der Waals surface area contributed by atoms with Gasteiger partial charge in [0.2, 0.25) is 0 Å². The lowest BCUT2D eigenvalue weighted by atomic mass is 10.3. The third kappa shape index (κ3) is 5.21. The Morgan fingerprint density at radius 2 is 1.95 bits per heavy atom. The molecule has 22 heavy (non-hydrogen) atoms. The Hall–Kier alpha value is -2.34. The molecule has 0 aliphatic carbocycles. The summed E-state index contributed by atoms with van der Waals surface area (Å²) in [5.41, 5.74) is 0.850. The van der Waals surface area contributed by atoms with Gasteiger partial charge in [-0.15, -0.1) is 0 Å². The molecular weight excluding hydrogens is 298 g/mol. The minimum Gasteiger partial charge on any atom is -0.497 e. The van der Waals surface area contributed by atoms with Crippen molar-refractivity contribution in [1.29, 1.82) is 0 Å². The predicted octanol–water partition coefficient (Wildman–Crippen LogP) is 2.84. The minimum atomic E-state index is 0.0683. The van der Waals surface area contributed by atoms with Crippen molar-refractivity contribution in [3.8, 4) is 11.5 Å². The average Bonchev–Trinajstić information content (AvgIpc) is 2.54. The molecule has 116 valence electrons. The molecule has 1 atom stereocenters. The highest BCUT2D eigenvalue weighted by molar-refractivity contribution is 7.80. The lowest BCUT2D eigenvalue weighted by molar-refractivity contribution is 0.286. The third-order valence-electron chi connectivity index (χ3n) is 2.86. The van der Waals surface area contributed by atoms with Crippen LogP contribution in [0.1, 0.15) is 6.92 Å². The summed E-state index contributed by atoms with van der Waals surface area (Å²) in [6.07, 6.45) is 3.43. The van der Waals surface area contributed by atoms with E-state index >= 15 is 0 Å². The number of methoxy groups -OCH3 is 1. The summed E-state index contributed by atoms with van der Waals surface area (Å²) >= 11 is 5.25. The van der Waals surface area contributed by atoms with E-state index in [9.17, 15) is 0 Å². The molecule has 2 rings (SSSR count). The zero-order valence-electron chi connectivity index (χ0n) is 12.6. The Labute approximate surface area is 135 Å². The molecule has 1 aromatic heterocycles. The summed E-state index contributed by atoms with van der Waals surface area (Å²) in [5, 5.41) is 6.78. The van der Waals surface area contributed by atoms with Gasteiger partial charge in [-0.1, -0.05) is 0 Å². The van der Waals surface area contributed by atoms with Gasteiger partial charge in [-0.3, -0.25) is 4.98 Å². The number of anilines is 1. The summed E-state index contributed by atoms with van der Waals surface area (Å²) in [6.45, 7) is 2.50. The zero-order chi connectivity index (χ0) is 15.8. The number of nitrogens with one attached hydrogen (secondary N) is 2. The third-order valence-corrected chi connectivity index (χ3v) is 3.08. The van der Waals surface area contributed by atoms with Crippen molar-refractivity contribution in [2.75, 3.05) is 19.0 Å². The first-order valence-electron chi connectivity index (χ1n) is 6.92. The minimum absolute atomic E-state index is 0.0683. The van der Waals surface area contributed by atoms with Crippen molar-refractivity contribution < 1.29 is 9.47 Å². The molecule has 6 heteroatoms. The van der Waals surface area contributed by atoms with Gasteiger partial charge in [-0.25, -0.2) is 0 Å². The fraction of sp³-hybridized carbons (Fsp3) is 0.250. The Bertz CT molecular complexity index is 590. The average molecular weight is 317 g/mol. The highest BCUT2D eigenvalue weighted by Crippen LogP contribution is 2.17. The van der Waals surface area contributed by atoms with Crippen LogP contribution < -0.4 is 20.1 Å². The van der Waals surface area contributed by atoms with Crippen LogP contribution in [0.15, 0.2) is 48.8 Å². The summed E-state index contributed by atoms with van der Waals surface area (Å²) in [7, 11) is 1.64. The molecule has 0 fully saturated rings. The molecule has 0 aliphatic rings. The van der Waals surface area contributed by atoms with E-state index in [1.807, 2.05) is 43.3 Å². The van der Waals surface area contributed by atoms with Crippen LogP contribution in [0.4, 0.5) is 5.69 Å². The second-order valence-electron chi connectivity index (χ2n) is 4.73. The van der Waals surface area contributed by atoms with Crippen molar-refractivity contribution in [2.24, 2.45) is 0 Å². The predicted molar refractivity (Wildman–Crippen MR) is 91.5 cm³/mol. The van der Waals surface area contributed by atoms with Gasteiger partial charge in [0.05, 0.1) is 25.0 Å². The summed E-state index contributed by atoms with van der Waals surface area (Å²) in [4.78, 5) is 4.02. The van der Waals surface area contributed by atoms with Crippen LogP contribution in [-0.4, -0.2) is 29.9 Å². The maximum atomic E-state index is 5.70. The molecular formula is C16H19N3O2S. The number of benzene rings is 1. The van der Waals surface area contributed by atoms with E-state index in [4.69, 9.17) is 21.7 Å². The Balaban J connectivity index is 1.74. The molecule has 0 spiro atoms. The molecule has 0 saturated carbocycles. The van der Waals surface area contributed by atoms with Gasteiger partial charge >= 0.3 is 0 Å². The Kier molecular flexibility index (Phi) is 5.97. The Morgan fingerprint density at radius 1 is 1.23 bits per heavy atom. The first kappa shape index (κ1) is 16.0. The van der Waals surface area contributed by atoms with Crippen LogP contribution in [0.5, 0.6) is 11.5 Å². The van der Waals surface area contributed by atoms with Gasteiger partial charge < -0.3 is 20.1 Å². The molecule has 0 aliphatic heterocycles. The summed E-state index contributed by atoms with van der Waals surface area (Å²) in [5.74, 6) is 1.60. The molecule has 1 heterocycles. The molecule has 0 saturated heterocycles. The van der Waals surface area contributed by atoms with Crippen LogP contribution in [-0.2, 0) is 0 Å². The van der Waals surface area contributed by atoms with E-state index in [2.05, 4.69) is 15.6 Å². The molecule has 5 nitrogen and oxygen atoms in total. The first-order chi connectivity index (χ1) is 10.7. The van der Waals surface area contributed by atoms with Crippen LogP contribution >= 0.6 is 12.2 Å². The van der Waals surface area contributed by atoms with Crippen molar-refractivity contribution in [3.63, 3.8) is 0 Å². The van der Waals surface area contributed by atoms with Crippen LogP contribution in [0.2, 0.25) is 0 Å².